The highest BCUT2D eigenvalue weighted by atomic mass is 16.4. The van der Waals surface area contributed by atoms with Crippen molar-refractivity contribution < 1.29 is 9.90 Å². The van der Waals surface area contributed by atoms with Crippen molar-refractivity contribution in [2.75, 3.05) is 0 Å². The molecule has 0 fully saturated rings. The van der Waals surface area contributed by atoms with Crippen LogP contribution >= 0.6 is 0 Å². The fraction of sp³-hybridized carbons (Fsp3) is 0. The van der Waals surface area contributed by atoms with Gasteiger partial charge in [0.05, 0.1) is 17.6 Å². The van der Waals surface area contributed by atoms with E-state index >= 15 is 0 Å². The zero-order valence-corrected chi connectivity index (χ0v) is 6.27. The van der Waals surface area contributed by atoms with E-state index in [1.54, 1.807) is 12.1 Å². The molecule has 0 amide bonds. The third-order valence-corrected chi connectivity index (χ3v) is 1.34. The number of hydrogen-bond acceptors (Lipinski definition) is 2. The summed E-state index contributed by atoms with van der Waals surface area (Å²) in [6.45, 7) is 0. The first-order chi connectivity index (χ1) is 5.74. The minimum atomic E-state index is -0.946. The summed E-state index contributed by atoms with van der Waals surface area (Å²) in [7, 11) is 0. The summed E-state index contributed by atoms with van der Waals surface area (Å²) in [6.07, 6.45) is 1.16. The molecule has 1 rings (SSSR count). The third kappa shape index (κ3) is 1.82. The van der Waals surface area contributed by atoms with Gasteiger partial charge in [-0.2, -0.15) is 0 Å². The minimum absolute atomic E-state index is 0.242. The van der Waals surface area contributed by atoms with Crippen LogP contribution in [0.2, 0.25) is 0 Å². The number of aromatic carboxylic acids is 1. The van der Waals surface area contributed by atoms with Crippen molar-refractivity contribution in [2.45, 2.75) is 0 Å². The quantitative estimate of drug-likeness (QED) is 0.505. The second-order valence-corrected chi connectivity index (χ2v) is 2.13. The molecular formula is C8H8N2O2. The van der Waals surface area contributed by atoms with Gasteiger partial charge in [0.1, 0.15) is 0 Å². The van der Waals surface area contributed by atoms with Gasteiger partial charge in [-0.1, -0.05) is 0 Å². The summed E-state index contributed by atoms with van der Waals surface area (Å²) in [4.78, 5) is 14.2. The van der Waals surface area contributed by atoms with Gasteiger partial charge in [0.25, 0.3) is 0 Å². The Kier molecular flexibility index (Phi) is 2.42. The summed E-state index contributed by atoms with van der Waals surface area (Å²) < 4.78 is 0. The normalized spacial score (nSPS) is 10.3. The molecule has 0 spiro atoms. The minimum Gasteiger partial charge on any atom is -0.478 e. The third-order valence-electron chi connectivity index (χ3n) is 1.34. The number of benzene rings is 1. The van der Waals surface area contributed by atoms with Gasteiger partial charge in [-0.3, -0.25) is 0 Å². The number of hydrogen-bond donors (Lipinski definition) is 2. The lowest BCUT2D eigenvalue weighted by Crippen LogP contribution is -1.94. The van der Waals surface area contributed by atoms with Crippen LogP contribution in [0.25, 0.3) is 0 Å². The first kappa shape index (κ1) is 8.26. The van der Waals surface area contributed by atoms with E-state index in [-0.39, 0.29) is 5.56 Å². The second-order valence-electron chi connectivity index (χ2n) is 2.13. The van der Waals surface area contributed by atoms with E-state index in [1.807, 2.05) is 0 Å². The molecule has 0 saturated carbocycles. The van der Waals surface area contributed by atoms with Crippen LogP contribution in [0, 0.1) is 0 Å². The van der Waals surface area contributed by atoms with Gasteiger partial charge >= 0.3 is 5.97 Å². The maximum absolute atomic E-state index is 10.4. The lowest BCUT2D eigenvalue weighted by atomic mass is 10.2. The molecule has 1 aromatic carbocycles. The fourth-order valence-corrected chi connectivity index (χ4v) is 0.776. The molecule has 0 bridgehead atoms. The molecule has 0 aliphatic heterocycles. The molecule has 0 heterocycles. The number of rotatable bonds is 2. The Morgan fingerprint density at radius 1 is 1.42 bits per heavy atom. The van der Waals surface area contributed by atoms with E-state index in [9.17, 15) is 4.79 Å². The van der Waals surface area contributed by atoms with Gasteiger partial charge < -0.3 is 10.8 Å². The van der Waals surface area contributed by atoms with Crippen LogP contribution in [0.15, 0.2) is 29.3 Å². The standard InChI is InChI=1S/C8H8N2O2/c9-5-10-7-3-1-6(2-4-7)8(11)12/h1-5H,(H2,9,10)(H,11,12). The van der Waals surface area contributed by atoms with Crippen LogP contribution in [-0.2, 0) is 0 Å². The highest BCUT2D eigenvalue weighted by Gasteiger charge is 1.99. The first-order valence-corrected chi connectivity index (χ1v) is 3.31. The van der Waals surface area contributed by atoms with Crippen LogP contribution in [0.5, 0.6) is 0 Å². The van der Waals surface area contributed by atoms with Crippen molar-refractivity contribution in [3.05, 3.63) is 29.8 Å². The lowest BCUT2D eigenvalue weighted by molar-refractivity contribution is 0.0697. The second kappa shape index (κ2) is 3.52. The van der Waals surface area contributed by atoms with Crippen molar-refractivity contribution in [1.29, 1.82) is 0 Å². The molecule has 4 nitrogen and oxygen atoms in total. The van der Waals surface area contributed by atoms with Crippen molar-refractivity contribution in [3.63, 3.8) is 0 Å². The number of carboxylic acid groups (broad SMARTS) is 1. The van der Waals surface area contributed by atoms with Gasteiger partial charge in [0.15, 0.2) is 0 Å². The van der Waals surface area contributed by atoms with E-state index in [2.05, 4.69) is 4.99 Å². The first-order valence-electron chi connectivity index (χ1n) is 3.31. The Bertz CT molecular complexity index is 303. The van der Waals surface area contributed by atoms with E-state index < -0.39 is 5.97 Å². The van der Waals surface area contributed by atoms with Gasteiger partial charge in [-0.05, 0) is 24.3 Å². The number of aliphatic imine (C=N–C) groups is 1. The highest BCUT2D eigenvalue weighted by Crippen LogP contribution is 2.11. The molecular weight excluding hydrogens is 156 g/mol. The maximum atomic E-state index is 10.4. The van der Waals surface area contributed by atoms with Crippen molar-refractivity contribution >= 4 is 18.0 Å². The summed E-state index contributed by atoms with van der Waals surface area (Å²) in [6, 6.07) is 6.13. The Hall–Kier alpha value is -1.84. The van der Waals surface area contributed by atoms with Gasteiger partial charge in [0, 0.05) is 0 Å². The monoisotopic (exact) mass is 164 g/mol. The summed E-state index contributed by atoms with van der Waals surface area (Å²) in [5.74, 6) is -0.946. The lowest BCUT2D eigenvalue weighted by Gasteiger charge is -1.93. The number of nitrogens with two attached hydrogens (primary N) is 1. The molecule has 0 atom stereocenters. The van der Waals surface area contributed by atoms with Crippen molar-refractivity contribution in [2.24, 2.45) is 10.7 Å². The van der Waals surface area contributed by atoms with Crippen molar-refractivity contribution in [3.8, 4) is 0 Å². The van der Waals surface area contributed by atoms with Crippen LogP contribution < -0.4 is 5.73 Å². The molecule has 4 heteroatoms. The van der Waals surface area contributed by atoms with Gasteiger partial charge in [-0.15, -0.1) is 0 Å². The Morgan fingerprint density at radius 3 is 2.42 bits per heavy atom. The Labute approximate surface area is 69.4 Å². The molecule has 12 heavy (non-hydrogen) atoms. The largest absolute Gasteiger partial charge is 0.478 e. The van der Waals surface area contributed by atoms with E-state index in [4.69, 9.17) is 10.8 Å². The highest BCUT2D eigenvalue weighted by molar-refractivity contribution is 5.87. The smallest absolute Gasteiger partial charge is 0.335 e. The van der Waals surface area contributed by atoms with Crippen LogP contribution in [0.1, 0.15) is 10.4 Å². The molecule has 0 saturated heterocycles. The SMILES string of the molecule is NC=Nc1ccc(C(=O)O)cc1. The van der Waals surface area contributed by atoms with Crippen LogP contribution in [0.3, 0.4) is 0 Å². The van der Waals surface area contributed by atoms with E-state index in [0.29, 0.717) is 5.69 Å². The average molecular weight is 164 g/mol. The van der Waals surface area contributed by atoms with Crippen LogP contribution in [0.4, 0.5) is 5.69 Å². The molecule has 0 aliphatic rings. The Morgan fingerprint density at radius 2 is 2.00 bits per heavy atom. The van der Waals surface area contributed by atoms with Crippen molar-refractivity contribution in [1.82, 2.24) is 0 Å². The predicted octanol–water partition coefficient (Wildman–Crippen LogP) is 1.00. The topological polar surface area (TPSA) is 75.7 Å². The zero-order valence-electron chi connectivity index (χ0n) is 6.27. The maximum Gasteiger partial charge on any atom is 0.335 e. The molecule has 0 aliphatic carbocycles. The number of carbonyl (C=O) groups is 1. The fourth-order valence-electron chi connectivity index (χ4n) is 0.776. The number of carboxylic acids is 1. The Balaban J connectivity index is 2.93. The zero-order chi connectivity index (χ0) is 8.97. The summed E-state index contributed by atoms with van der Waals surface area (Å²) >= 11 is 0. The number of nitrogens with zero attached hydrogens (tertiary/aromatic N) is 1. The summed E-state index contributed by atoms with van der Waals surface area (Å²) in [5.41, 5.74) is 5.93. The molecule has 3 N–H and O–H groups in total. The van der Waals surface area contributed by atoms with E-state index in [0.717, 1.165) is 6.34 Å². The summed E-state index contributed by atoms with van der Waals surface area (Å²) in [5, 5.41) is 8.54. The average Bonchev–Trinajstić information content (AvgIpc) is 2.06. The van der Waals surface area contributed by atoms with Gasteiger partial charge in [-0.25, -0.2) is 9.79 Å². The molecule has 1 aromatic rings. The molecule has 0 unspecified atom stereocenters. The predicted molar refractivity (Wildman–Crippen MR) is 45.7 cm³/mol. The molecule has 62 valence electrons. The van der Waals surface area contributed by atoms with Gasteiger partial charge in [0.2, 0.25) is 0 Å². The van der Waals surface area contributed by atoms with E-state index in [1.165, 1.54) is 12.1 Å². The molecule has 0 aromatic heterocycles. The van der Waals surface area contributed by atoms with Crippen LogP contribution in [-0.4, -0.2) is 17.4 Å². The molecule has 0 radical (unpaired) electrons.